The highest BCUT2D eigenvalue weighted by atomic mass is 16.6. The van der Waals surface area contributed by atoms with Gasteiger partial charge in [0.2, 0.25) is 0 Å². The van der Waals surface area contributed by atoms with Crippen LogP contribution in [0, 0.1) is 0 Å². The third-order valence-corrected chi connectivity index (χ3v) is 4.32. The highest BCUT2D eigenvalue weighted by Crippen LogP contribution is 2.24. The Morgan fingerprint density at radius 1 is 1.23 bits per heavy atom. The lowest BCUT2D eigenvalue weighted by atomic mass is 10.2. The fourth-order valence-corrected chi connectivity index (χ4v) is 3.12. The molecule has 1 saturated heterocycles. The minimum Gasteiger partial charge on any atom is -0.444 e. The third-order valence-electron chi connectivity index (χ3n) is 4.32. The molecule has 26 heavy (non-hydrogen) atoms. The SMILES string of the molecule is CNc1nc2ccccc2nc1NC[C@H]1CCCN1C(=O)OC(C)(C)C. The van der Waals surface area contributed by atoms with Gasteiger partial charge < -0.3 is 20.3 Å². The fraction of sp³-hybridized carbons (Fsp3) is 0.526. The van der Waals surface area contributed by atoms with E-state index in [4.69, 9.17) is 4.74 Å². The van der Waals surface area contributed by atoms with E-state index in [0.29, 0.717) is 18.2 Å². The number of ether oxygens (including phenoxy) is 1. The second-order valence-corrected chi connectivity index (χ2v) is 7.51. The summed E-state index contributed by atoms with van der Waals surface area (Å²) >= 11 is 0. The summed E-state index contributed by atoms with van der Waals surface area (Å²) in [4.78, 5) is 23.5. The van der Waals surface area contributed by atoms with Gasteiger partial charge in [-0.25, -0.2) is 14.8 Å². The highest BCUT2D eigenvalue weighted by molar-refractivity contribution is 5.80. The van der Waals surface area contributed by atoms with Gasteiger partial charge in [-0.2, -0.15) is 0 Å². The number of hydrogen-bond acceptors (Lipinski definition) is 6. The Balaban J connectivity index is 1.71. The van der Waals surface area contributed by atoms with Crippen LogP contribution in [0.4, 0.5) is 16.4 Å². The van der Waals surface area contributed by atoms with Gasteiger partial charge in [0.05, 0.1) is 17.1 Å². The van der Waals surface area contributed by atoms with Gasteiger partial charge in [-0.1, -0.05) is 12.1 Å². The van der Waals surface area contributed by atoms with Gasteiger partial charge in [-0.05, 0) is 45.7 Å². The maximum absolute atomic E-state index is 12.4. The summed E-state index contributed by atoms with van der Waals surface area (Å²) in [6.07, 6.45) is 1.68. The van der Waals surface area contributed by atoms with Gasteiger partial charge in [0, 0.05) is 20.1 Å². The van der Waals surface area contributed by atoms with Crippen molar-refractivity contribution in [2.75, 3.05) is 30.8 Å². The van der Waals surface area contributed by atoms with Crippen LogP contribution in [0.3, 0.4) is 0 Å². The molecular formula is C19H27N5O2. The summed E-state index contributed by atoms with van der Waals surface area (Å²) in [5, 5.41) is 6.45. The zero-order chi connectivity index (χ0) is 18.7. The van der Waals surface area contributed by atoms with E-state index in [-0.39, 0.29) is 12.1 Å². The summed E-state index contributed by atoms with van der Waals surface area (Å²) < 4.78 is 5.53. The minimum atomic E-state index is -0.485. The van der Waals surface area contributed by atoms with Crippen LogP contribution in [0.2, 0.25) is 0 Å². The first kappa shape index (κ1) is 18.2. The first-order chi connectivity index (χ1) is 12.4. The van der Waals surface area contributed by atoms with Crippen molar-refractivity contribution in [3.05, 3.63) is 24.3 Å². The molecule has 0 radical (unpaired) electrons. The number of carbonyl (C=O) groups excluding carboxylic acids is 1. The van der Waals surface area contributed by atoms with Crippen LogP contribution in [0.5, 0.6) is 0 Å². The number of likely N-dealkylation sites (tertiary alicyclic amines) is 1. The number of amides is 1. The van der Waals surface area contributed by atoms with E-state index in [1.165, 1.54) is 0 Å². The van der Waals surface area contributed by atoms with Gasteiger partial charge in [0.25, 0.3) is 0 Å². The van der Waals surface area contributed by atoms with Crippen molar-refractivity contribution >= 4 is 28.8 Å². The summed E-state index contributed by atoms with van der Waals surface area (Å²) in [6, 6.07) is 7.86. The largest absolute Gasteiger partial charge is 0.444 e. The number of para-hydroxylation sites is 2. The predicted octanol–water partition coefficient (Wildman–Crippen LogP) is 3.48. The zero-order valence-electron chi connectivity index (χ0n) is 15.9. The number of nitrogens with zero attached hydrogens (tertiary/aromatic N) is 3. The standard InChI is InChI=1S/C19H27N5O2/c1-19(2,3)26-18(25)24-11-7-8-13(24)12-21-17-16(20-4)22-14-9-5-6-10-15(14)23-17/h5-6,9-10,13H,7-8,11-12H2,1-4H3,(H,20,22)(H,21,23)/t13-/m1/s1. The van der Waals surface area contributed by atoms with E-state index in [2.05, 4.69) is 20.6 Å². The van der Waals surface area contributed by atoms with E-state index in [1.54, 1.807) is 0 Å². The molecule has 1 aliphatic heterocycles. The van der Waals surface area contributed by atoms with Crippen molar-refractivity contribution in [1.29, 1.82) is 0 Å². The lowest BCUT2D eigenvalue weighted by Crippen LogP contribution is -2.42. The zero-order valence-corrected chi connectivity index (χ0v) is 15.9. The number of carbonyl (C=O) groups is 1. The molecule has 1 aromatic heterocycles. The molecule has 1 fully saturated rings. The topological polar surface area (TPSA) is 79.4 Å². The average molecular weight is 357 g/mol. The van der Waals surface area contributed by atoms with Crippen LogP contribution in [0.15, 0.2) is 24.3 Å². The Kier molecular flexibility index (Phi) is 5.15. The molecule has 1 atom stereocenters. The maximum Gasteiger partial charge on any atom is 0.410 e. The first-order valence-electron chi connectivity index (χ1n) is 9.05. The Labute approximate surface area is 154 Å². The summed E-state index contributed by atoms with van der Waals surface area (Å²) in [6.45, 7) is 7.00. The van der Waals surface area contributed by atoms with E-state index in [1.807, 2.05) is 57.0 Å². The maximum atomic E-state index is 12.4. The molecule has 7 heteroatoms. The van der Waals surface area contributed by atoms with Crippen LogP contribution >= 0.6 is 0 Å². The summed E-state index contributed by atoms with van der Waals surface area (Å²) in [7, 11) is 1.83. The molecule has 0 bridgehead atoms. The smallest absolute Gasteiger partial charge is 0.410 e. The van der Waals surface area contributed by atoms with Crippen LogP contribution in [-0.4, -0.2) is 52.7 Å². The van der Waals surface area contributed by atoms with Gasteiger partial charge in [-0.3, -0.25) is 0 Å². The van der Waals surface area contributed by atoms with Crippen LogP contribution in [0.25, 0.3) is 11.0 Å². The van der Waals surface area contributed by atoms with Crippen LogP contribution in [-0.2, 0) is 4.74 Å². The first-order valence-corrected chi connectivity index (χ1v) is 9.05. The van der Waals surface area contributed by atoms with Gasteiger partial charge in [-0.15, -0.1) is 0 Å². The Morgan fingerprint density at radius 3 is 2.50 bits per heavy atom. The minimum absolute atomic E-state index is 0.0860. The number of fused-ring (bicyclic) bond motifs is 1. The van der Waals surface area contributed by atoms with Crippen molar-refractivity contribution in [2.24, 2.45) is 0 Å². The van der Waals surface area contributed by atoms with Crippen molar-refractivity contribution in [3.63, 3.8) is 0 Å². The van der Waals surface area contributed by atoms with Gasteiger partial charge >= 0.3 is 6.09 Å². The van der Waals surface area contributed by atoms with Crippen molar-refractivity contribution in [3.8, 4) is 0 Å². The van der Waals surface area contributed by atoms with Crippen LogP contribution in [0.1, 0.15) is 33.6 Å². The van der Waals surface area contributed by atoms with Crippen molar-refractivity contribution in [2.45, 2.75) is 45.3 Å². The number of hydrogen-bond donors (Lipinski definition) is 2. The average Bonchev–Trinajstić information content (AvgIpc) is 3.06. The molecule has 0 saturated carbocycles. The predicted molar refractivity (Wildman–Crippen MR) is 104 cm³/mol. The number of benzene rings is 1. The summed E-state index contributed by atoms with van der Waals surface area (Å²) in [5.41, 5.74) is 1.20. The highest BCUT2D eigenvalue weighted by Gasteiger charge is 2.32. The molecule has 1 aromatic carbocycles. The molecule has 0 spiro atoms. The molecule has 2 aromatic rings. The van der Waals surface area contributed by atoms with E-state index < -0.39 is 5.60 Å². The number of aromatic nitrogens is 2. The number of anilines is 2. The monoisotopic (exact) mass is 357 g/mol. The fourth-order valence-electron chi connectivity index (χ4n) is 3.12. The van der Waals surface area contributed by atoms with Crippen molar-refractivity contribution < 1.29 is 9.53 Å². The molecule has 0 aliphatic carbocycles. The number of nitrogens with one attached hydrogen (secondary N) is 2. The molecule has 140 valence electrons. The molecule has 0 unspecified atom stereocenters. The molecule has 1 aliphatic rings. The lowest BCUT2D eigenvalue weighted by molar-refractivity contribution is 0.0235. The second-order valence-electron chi connectivity index (χ2n) is 7.51. The second kappa shape index (κ2) is 7.35. The Bertz CT molecular complexity index is 787. The molecule has 7 nitrogen and oxygen atoms in total. The quantitative estimate of drug-likeness (QED) is 0.872. The molecule has 2 N–H and O–H groups in total. The Hall–Kier alpha value is -2.57. The molecule has 3 rings (SSSR count). The molecular weight excluding hydrogens is 330 g/mol. The van der Waals surface area contributed by atoms with E-state index in [0.717, 1.165) is 30.4 Å². The lowest BCUT2D eigenvalue weighted by Gasteiger charge is -2.29. The van der Waals surface area contributed by atoms with Crippen molar-refractivity contribution in [1.82, 2.24) is 14.9 Å². The molecule has 2 heterocycles. The van der Waals surface area contributed by atoms with Gasteiger partial charge in [0.1, 0.15) is 5.60 Å². The van der Waals surface area contributed by atoms with Crippen LogP contribution < -0.4 is 10.6 Å². The Morgan fingerprint density at radius 2 is 1.88 bits per heavy atom. The van der Waals surface area contributed by atoms with Gasteiger partial charge in [0.15, 0.2) is 11.6 Å². The van der Waals surface area contributed by atoms with E-state index >= 15 is 0 Å². The summed E-state index contributed by atoms with van der Waals surface area (Å²) in [5.74, 6) is 1.40. The number of rotatable bonds is 4. The molecule has 1 amide bonds. The third kappa shape index (κ3) is 4.15. The normalized spacial score (nSPS) is 17.4. The van der Waals surface area contributed by atoms with E-state index in [9.17, 15) is 4.79 Å².